The quantitative estimate of drug-likeness (QED) is 0.382. The number of benzene rings is 3. The van der Waals surface area contributed by atoms with Crippen LogP contribution in [0.3, 0.4) is 0 Å². The van der Waals surface area contributed by atoms with Gasteiger partial charge in [0.15, 0.2) is 0 Å². The third kappa shape index (κ3) is 6.37. The molecule has 202 valence electrons. The first-order valence-electron chi connectivity index (χ1n) is 12.3. The van der Waals surface area contributed by atoms with Crippen LogP contribution in [0.1, 0.15) is 47.2 Å². The molecular formula is C27H30ClN3O5S2. The number of halogens is 1. The molecule has 0 aromatic heterocycles. The van der Waals surface area contributed by atoms with Crippen LogP contribution >= 0.6 is 11.6 Å². The van der Waals surface area contributed by atoms with Crippen molar-refractivity contribution in [1.29, 1.82) is 0 Å². The van der Waals surface area contributed by atoms with Crippen LogP contribution in [-0.4, -0.2) is 40.1 Å². The summed E-state index contributed by atoms with van der Waals surface area (Å²) in [6, 6.07) is 15.1. The molecule has 0 saturated carbocycles. The van der Waals surface area contributed by atoms with Gasteiger partial charge in [-0.25, -0.2) is 16.8 Å². The smallest absolute Gasteiger partial charge is 0.261 e. The van der Waals surface area contributed by atoms with Crippen LogP contribution in [0.25, 0.3) is 0 Å². The zero-order valence-electron chi connectivity index (χ0n) is 21.2. The van der Waals surface area contributed by atoms with E-state index in [1.807, 2.05) is 6.92 Å². The van der Waals surface area contributed by atoms with Gasteiger partial charge in [-0.2, -0.15) is 4.31 Å². The molecular weight excluding hydrogens is 546 g/mol. The van der Waals surface area contributed by atoms with Crippen molar-refractivity contribution in [2.24, 2.45) is 0 Å². The van der Waals surface area contributed by atoms with E-state index in [1.54, 1.807) is 25.1 Å². The van der Waals surface area contributed by atoms with Gasteiger partial charge in [0.25, 0.3) is 15.9 Å². The van der Waals surface area contributed by atoms with E-state index < -0.39 is 26.0 Å². The number of sulfonamides is 2. The summed E-state index contributed by atoms with van der Waals surface area (Å²) in [5, 5.41) is 3.18. The van der Waals surface area contributed by atoms with E-state index in [2.05, 4.69) is 10.0 Å². The van der Waals surface area contributed by atoms with E-state index in [9.17, 15) is 21.6 Å². The second-order valence-electron chi connectivity index (χ2n) is 9.34. The molecule has 1 fully saturated rings. The first-order valence-corrected chi connectivity index (χ1v) is 15.6. The van der Waals surface area contributed by atoms with Gasteiger partial charge < -0.3 is 5.32 Å². The summed E-state index contributed by atoms with van der Waals surface area (Å²) in [5.74, 6) is -0.488. The number of hydrogen-bond donors (Lipinski definition) is 2. The summed E-state index contributed by atoms with van der Waals surface area (Å²) in [5.41, 5.74) is 2.39. The molecule has 8 nitrogen and oxygen atoms in total. The van der Waals surface area contributed by atoms with Crippen LogP contribution in [0, 0.1) is 13.8 Å². The molecule has 3 aromatic carbocycles. The number of aryl methyl sites for hydroxylation is 2. The van der Waals surface area contributed by atoms with Crippen LogP contribution in [0.15, 0.2) is 70.5 Å². The maximum atomic E-state index is 13.2. The Bertz CT molecular complexity index is 1550. The minimum Gasteiger partial charge on any atom is -0.322 e. The van der Waals surface area contributed by atoms with E-state index in [1.165, 1.54) is 46.8 Å². The predicted molar refractivity (Wildman–Crippen MR) is 150 cm³/mol. The van der Waals surface area contributed by atoms with Gasteiger partial charge in [-0.15, -0.1) is 0 Å². The summed E-state index contributed by atoms with van der Waals surface area (Å²) < 4.78 is 55.9. The van der Waals surface area contributed by atoms with Crippen molar-refractivity contribution >= 4 is 48.9 Å². The summed E-state index contributed by atoms with van der Waals surface area (Å²) in [7, 11) is -7.59. The number of carbonyl (C=O) groups excluding carboxylic acids is 1. The van der Waals surface area contributed by atoms with Crippen LogP contribution in [0.4, 0.5) is 11.4 Å². The van der Waals surface area contributed by atoms with Gasteiger partial charge in [0.1, 0.15) is 0 Å². The normalized spacial score (nSPS) is 15.0. The van der Waals surface area contributed by atoms with Crippen molar-refractivity contribution in [3.8, 4) is 0 Å². The van der Waals surface area contributed by atoms with Gasteiger partial charge >= 0.3 is 0 Å². The fourth-order valence-corrected chi connectivity index (χ4v) is 7.00. The highest BCUT2D eigenvalue weighted by Gasteiger charge is 2.26. The molecule has 1 heterocycles. The lowest BCUT2D eigenvalue weighted by Gasteiger charge is -2.20. The lowest BCUT2D eigenvalue weighted by atomic mass is 10.1. The number of hydrogen-bond acceptors (Lipinski definition) is 5. The Morgan fingerprint density at radius 3 is 1.97 bits per heavy atom. The van der Waals surface area contributed by atoms with Gasteiger partial charge in [0.2, 0.25) is 10.0 Å². The highest BCUT2D eigenvalue weighted by Crippen LogP contribution is 2.25. The topological polar surface area (TPSA) is 113 Å². The fraction of sp³-hybridized carbons (Fsp3) is 0.296. The minimum absolute atomic E-state index is 0.00826. The Labute approximate surface area is 229 Å². The maximum Gasteiger partial charge on any atom is 0.261 e. The number of nitrogens with zero attached hydrogens (tertiary/aromatic N) is 1. The van der Waals surface area contributed by atoms with Crippen molar-refractivity contribution in [1.82, 2.24) is 4.31 Å². The summed E-state index contributed by atoms with van der Waals surface area (Å²) in [6.45, 7) is 4.49. The molecule has 0 bridgehead atoms. The average Bonchev–Trinajstić information content (AvgIpc) is 3.17. The molecule has 1 saturated heterocycles. The zero-order chi connectivity index (χ0) is 27.5. The number of carbonyl (C=O) groups is 1. The molecule has 1 amide bonds. The number of amides is 1. The second kappa shape index (κ2) is 11.4. The largest absolute Gasteiger partial charge is 0.322 e. The molecule has 0 atom stereocenters. The zero-order valence-corrected chi connectivity index (χ0v) is 23.6. The van der Waals surface area contributed by atoms with E-state index in [0.29, 0.717) is 35.1 Å². The Hall–Kier alpha value is -2.92. The molecule has 0 aliphatic carbocycles. The van der Waals surface area contributed by atoms with Gasteiger partial charge in [-0.05, 0) is 86.3 Å². The van der Waals surface area contributed by atoms with Crippen LogP contribution < -0.4 is 10.0 Å². The lowest BCUT2D eigenvalue weighted by molar-refractivity contribution is 0.102. The van der Waals surface area contributed by atoms with Crippen molar-refractivity contribution in [2.75, 3.05) is 23.1 Å². The first-order chi connectivity index (χ1) is 18.0. The van der Waals surface area contributed by atoms with E-state index in [4.69, 9.17) is 11.6 Å². The molecule has 11 heteroatoms. The SMILES string of the molecule is Cc1ccc(NS(=O)(=O)c2ccc(NC(=O)c3cc(S(=O)(=O)N4CCCCCC4)ccc3C)cc2)cc1Cl. The molecule has 38 heavy (non-hydrogen) atoms. The van der Waals surface area contributed by atoms with Crippen LogP contribution in [0.2, 0.25) is 5.02 Å². The van der Waals surface area contributed by atoms with Crippen molar-refractivity contribution in [3.05, 3.63) is 82.4 Å². The lowest BCUT2D eigenvalue weighted by Crippen LogP contribution is -2.32. The second-order valence-corrected chi connectivity index (χ2v) is 13.4. The molecule has 0 unspecified atom stereocenters. The molecule has 0 radical (unpaired) electrons. The van der Waals surface area contributed by atoms with Gasteiger partial charge in [-0.3, -0.25) is 9.52 Å². The predicted octanol–water partition coefficient (Wildman–Crippen LogP) is 5.57. The third-order valence-corrected chi connectivity index (χ3v) is 10.2. The molecule has 1 aliphatic rings. The molecule has 2 N–H and O–H groups in total. The minimum atomic E-state index is -3.88. The highest BCUT2D eigenvalue weighted by atomic mass is 35.5. The molecule has 4 rings (SSSR count). The van der Waals surface area contributed by atoms with Gasteiger partial charge in [0, 0.05) is 29.4 Å². The third-order valence-electron chi connectivity index (χ3n) is 6.50. The average molecular weight is 576 g/mol. The maximum absolute atomic E-state index is 13.2. The summed E-state index contributed by atoms with van der Waals surface area (Å²) >= 11 is 6.09. The number of anilines is 2. The van der Waals surface area contributed by atoms with Crippen molar-refractivity contribution in [3.63, 3.8) is 0 Å². The van der Waals surface area contributed by atoms with Crippen LogP contribution in [-0.2, 0) is 20.0 Å². The van der Waals surface area contributed by atoms with Crippen molar-refractivity contribution < 1.29 is 21.6 Å². The molecule has 0 spiro atoms. The fourth-order valence-electron chi connectivity index (χ4n) is 4.22. The van der Waals surface area contributed by atoms with E-state index in [0.717, 1.165) is 31.2 Å². The Morgan fingerprint density at radius 1 is 0.763 bits per heavy atom. The molecule has 1 aliphatic heterocycles. The Balaban J connectivity index is 1.50. The summed E-state index contributed by atoms with van der Waals surface area (Å²) in [4.78, 5) is 13.2. The standard InChI is InChI=1S/C27H30ClN3O5S2/c1-19-8-12-24(38(35,36)31-15-5-3-4-6-16-31)18-25(19)27(32)29-21-10-13-23(14-11-21)37(33,34)30-22-9-7-20(2)26(28)17-22/h7-14,17-18,30H,3-6,15-16H2,1-2H3,(H,29,32). The van der Waals surface area contributed by atoms with Gasteiger partial charge in [0.05, 0.1) is 15.5 Å². The monoisotopic (exact) mass is 575 g/mol. The molecule has 3 aromatic rings. The van der Waals surface area contributed by atoms with E-state index in [-0.39, 0.29) is 15.4 Å². The Kier molecular flexibility index (Phi) is 8.46. The number of rotatable bonds is 7. The Morgan fingerprint density at radius 2 is 1.34 bits per heavy atom. The van der Waals surface area contributed by atoms with Crippen molar-refractivity contribution in [2.45, 2.75) is 49.3 Å². The van der Waals surface area contributed by atoms with Crippen LogP contribution in [0.5, 0.6) is 0 Å². The van der Waals surface area contributed by atoms with E-state index >= 15 is 0 Å². The van der Waals surface area contributed by atoms with Gasteiger partial charge in [-0.1, -0.05) is 36.6 Å². The first kappa shape index (κ1) is 28.1. The highest BCUT2D eigenvalue weighted by molar-refractivity contribution is 7.92. The number of nitrogens with one attached hydrogen (secondary N) is 2. The summed E-state index contributed by atoms with van der Waals surface area (Å²) in [6.07, 6.45) is 3.64.